The number of hydrogen-bond acceptors (Lipinski definition) is 4. The van der Waals surface area contributed by atoms with Crippen LogP contribution in [-0.4, -0.2) is 41.5 Å². The largest absolute Gasteiger partial charge is 0.391 e. The Morgan fingerprint density at radius 3 is 2.83 bits per heavy atom. The van der Waals surface area contributed by atoms with E-state index >= 15 is 0 Å². The van der Waals surface area contributed by atoms with Gasteiger partial charge in [0.25, 0.3) is 0 Å². The molecule has 1 saturated heterocycles. The van der Waals surface area contributed by atoms with Crippen molar-refractivity contribution < 1.29 is 17.9 Å². The maximum atomic E-state index is 13.4. The predicted molar refractivity (Wildman–Crippen MR) is 82.6 cm³/mol. The van der Waals surface area contributed by atoms with Gasteiger partial charge in [-0.25, -0.2) is 12.8 Å². The van der Waals surface area contributed by atoms with Crippen molar-refractivity contribution in [2.24, 2.45) is 0 Å². The fourth-order valence-electron chi connectivity index (χ4n) is 2.87. The lowest BCUT2D eigenvalue weighted by Crippen LogP contribution is -2.41. The van der Waals surface area contributed by atoms with Crippen molar-refractivity contribution >= 4 is 10.0 Å². The fraction of sp³-hybridized carbons (Fsp3) is 0.312. The van der Waals surface area contributed by atoms with E-state index in [0.29, 0.717) is 12.8 Å². The van der Waals surface area contributed by atoms with Crippen LogP contribution in [0.2, 0.25) is 0 Å². The van der Waals surface area contributed by atoms with E-state index in [4.69, 9.17) is 0 Å². The fourth-order valence-corrected chi connectivity index (χ4v) is 4.57. The summed E-state index contributed by atoms with van der Waals surface area (Å²) in [6.07, 6.45) is 3.26. The van der Waals surface area contributed by atoms with Gasteiger partial charge in [-0.15, -0.1) is 0 Å². The maximum Gasteiger partial charge on any atom is 0.243 e. The number of pyridine rings is 1. The Morgan fingerprint density at radius 1 is 1.30 bits per heavy atom. The molecule has 0 radical (unpaired) electrons. The first-order valence-corrected chi connectivity index (χ1v) is 8.77. The SMILES string of the molecule is O=S(=O)(c1cccc(F)c1)N1CC[C@H](O)[C@@H]1Cc1cccnc1. The van der Waals surface area contributed by atoms with Crippen molar-refractivity contribution in [3.05, 3.63) is 60.2 Å². The van der Waals surface area contributed by atoms with Crippen LogP contribution in [0, 0.1) is 5.82 Å². The molecule has 0 aliphatic carbocycles. The average Bonchev–Trinajstić information content (AvgIpc) is 2.90. The summed E-state index contributed by atoms with van der Waals surface area (Å²) in [5, 5.41) is 10.2. The zero-order valence-electron chi connectivity index (χ0n) is 12.3. The van der Waals surface area contributed by atoms with E-state index in [2.05, 4.69) is 4.98 Å². The number of benzene rings is 1. The highest BCUT2D eigenvalue weighted by molar-refractivity contribution is 7.89. The highest BCUT2D eigenvalue weighted by atomic mass is 32.2. The lowest BCUT2D eigenvalue weighted by atomic mass is 10.0. The van der Waals surface area contributed by atoms with E-state index in [1.54, 1.807) is 18.5 Å². The van der Waals surface area contributed by atoms with Crippen LogP contribution in [0.5, 0.6) is 0 Å². The van der Waals surface area contributed by atoms with E-state index < -0.39 is 28.0 Å². The average molecular weight is 336 g/mol. The molecule has 7 heteroatoms. The zero-order chi connectivity index (χ0) is 16.4. The summed E-state index contributed by atoms with van der Waals surface area (Å²) >= 11 is 0. The number of hydrogen-bond donors (Lipinski definition) is 1. The Bertz CT molecular complexity index is 783. The second-order valence-corrected chi connectivity index (χ2v) is 7.45. The first-order chi connectivity index (χ1) is 11.0. The third-order valence-corrected chi connectivity index (χ3v) is 5.95. The van der Waals surface area contributed by atoms with Crippen LogP contribution in [-0.2, 0) is 16.4 Å². The molecule has 1 aromatic heterocycles. The van der Waals surface area contributed by atoms with E-state index in [9.17, 15) is 17.9 Å². The van der Waals surface area contributed by atoms with Gasteiger partial charge in [0.2, 0.25) is 10.0 Å². The van der Waals surface area contributed by atoms with Gasteiger partial charge in [-0.1, -0.05) is 12.1 Å². The topological polar surface area (TPSA) is 70.5 Å². The molecule has 0 spiro atoms. The Morgan fingerprint density at radius 2 is 2.13 bits per heavy atom. The van der Waals surface area contributed by atoms with Crippen molar-refractivity contribution in [3.8, 4) is 0 Å². The van der Waals surface area contributed by atoms with Gasteiger partial charge in [-0.3, -0.25) is 4.98 Å². The van der Waals surface area contributed by atoms with Gasteiger partial charge >= 0.3 is 0 Å². The quantitative estimate of drug-likeness (QED) is 0.920. The molecule has 0 bridgehead atoms. The van der Waals surface area contributed by atoms with Gasteiger partial charge < -0.3 is 5.11 Å². The lowest BCUT2D eigenvalue weighted by molar-refractivity contribution is 0.142. The summed E-state index contributed by atoms with van der Waals surface area (Å²) in [6, 6.07) is 7.96. The molecular weight excluding hydrogens is 319 g/mol. The lowest BCUT2D eigenvalue weighted by Gasteiger charge is -2.25. The minimum absolute atomic E-state index is 0.0946. The minimum Gasteiger partial charge on any atom is -0.391 e. The van der Waals surface area contributed by atoms with E-state index in [0.717, 1.165) is 11.6 Å². The Hall–Kier alpha value is -1.83. The number of nitrogens with zero attached hydrogens (tertiary/aromatic N) is 2. The summed E-state index contributed by atoms with van der Waals surface area (Å²) in [5.74, 6) is -0.602. The Labute approximate surface area is 134 Å². The molecule has 5 nitrogen and oxygen atoms in total. The molecule has 2 heterocycles. The van der Waals surface area contributed by atoms with Crippen LogP contribution in [0.1, 0.15) is 12.0 Å². The van der Waals surface area contributed by atoms with Crippen LogP contribution in [0.25, 0.3) is 0 Å². The third kappa shape index (κ3) is 3.26. The summed E-state index contributed by atoms with van der Waals surface area (Å²) in [4.78, 5) is 3.91. The van der Waals surface area contributed by atoms with E-state index in [1.807, 2.05) is 6.07 Å². The summed E-state index contributed by atoms with van der Waals surface area (Å²) in [5.41, 5.74) is 0.845. The molecule has 0 saturated carbocycles. The molecule has 2 aromatic rings. The molecular formula is C16H17FN2O3S. The highest BCUT2D eigenvalue weighted by Crippen LogP contribution is 2.28. The molecule has 0 unspecified atom stereocenters. The Kier molecular flexibility index (Phi) is 4.43. The van der Waals surface area contributed by atoms with Crippen LogP contribution in [0.3, 0.4) is 0 Å². The normalized spacial score (nSPS) is 22.3. The van der Waals surface area contributed by atoms with Gasteiger partial charge in [0.15, 0.2) is 0 Å². The van der Waals surface area contributed by atoms with Crippen molar-refractivity contribution in [2.45, 2.75) is 29.9 Å². The minimum atomic E-state index is -3.85. The van der Waals surface area contributed by atoms with E-state index in [-0.39, 0.29) is 11.4 Å². The summed E-state index contributed by atoms with van der Waals surface area (Å²) < 4.78 is 40.2. The number of rotatable bonds is 4. The predicted octanol–water partition coefficient (Wildman–Crippen LogP) is 1.59. The smallest absolute Gasteiger partial charge is 0.243 e. The highest BCUT2D eigenvalue weighted by Gasteiger charge is 2.40. The van der Waals surface area contributed by atoms with Gasteiger partial charge in [0.05, 0.1) is 17.0 Å². The van der Waals surface area contributed by atoms with Crippen molar-refractivity contribution in [1.29, 1.82) is 0 Å². The third-order valence-electron chi connectivity index (χ3n) is 4.03. The van der Waals surface area contributed by atoms with Gasteiger partial charge in [-0.2, -0.15) is 4.31 Å². The first-order valence-electron chi connectivity index (χ1n) is 7.33. The molecule has 0 amide bonds. The number of aliphatic hydroxyl groups is 1. The summed E-state index contributed by atoms with van der Waals surface area (Å²) in [6.45, 7) is 0.213. The molecule has 122 valence electrons. The van der Waals surface area contributed by atoms with Crippen LogP contribution in [0.4, 0.5) is 4.39 Å². The molecule has 1 fully saturated rings. The second kappa shape index (κ2) is 6.35. The maximum absolute atomic E-state index is 13.4. The molecule has 1 aliphatic rings. The Balaban J connectivity index is 1.91. The number of sulfonamides is 1. The molecule has 1 N–H and O–H groups in total. The van der Waals surface area contributed by atoms with Crippen molar-refractivity contribution in [3.63, 3.8) is 0 Å². The standard InChI is InChI=1S/C16H17FN2O3S/c17-13-4-1-5-14(10-13)23(21,22)19-8-6-16(20)15(19)9-12-3-2-7-18-11-12/h1-5,7,10-11,15-16,20H,6,8-9H2/t15-,16-/m0/s1. The molecule has 23 heavy (non-hydrogen) atoms. The number of aromatic nitrogens is 1. The number of halogens is 1. The summed E-state index contributed by atoms with van der Waals surface area (Å²) in [7, 11) is -3.85. The second-order valence-electron chi connectivity index (χ2n) is 5.56. The molecule has 3 rings (SSSR count). The van der Waals surface area contributed by atoms with Crippen molar-refractivity contribution in [1.82, 2.24) is 9.29 Å². The van der Waals surface area contributed by atoms with Gasteiger partial charge in [-0.05, 0) is 42.7 Å². The van der Waals surface area contributed by atoms with Crippen LogP contribution < -0.4 is 0 Å². The first kappa shape index (κ1) is 16.0. The van der Waals surface area contributed by atoms with E-state index in [1.165, 1.54) is 22.5 Å². The number of aliphatic hydroxyl groups excluding tert-OH is 1. The molecule has 2 atom stereocenters. The zero-order valence-corrected chi connectivity index (χ0v) is 13.2. The van der Waals surface area contributed by atoms with Gasteiger partial charge in [0.1, 0.15) is 5.82 Å². The van der Waals surface area contributed by atoms with Crippen LogP contribution in [0.15, 0.2) is 53.7 Å². The van der Waals surface area contributed by atoms with Gasteiger partial charge in [0, 0.05) is 18.9 Å². The van der Waals surface area contributed by atoms with Crippen LogP contribution >= 0.6 is 0 Å². The molecule has 1 aromatic carbocycles. The van der Waals surface area contributed by atoms with Crippen molar-refractivity contribution in [2.75, 3.05) is 6.54 Å². The monoisotopic (exact) mass is 336 g/mol. The molecule has 1 aliphatic heterocycles.